The van der Waals surface area contributed by atoms with Crippen molar-refractivity contribution in [3.05, 3.63) is 11.1 Å². The quantitative estimate of drug-likeness (QED) is 0.781. The lowest BCUT2D eigenvalue weighted by Crippen LogP contribution is -2.48. The van der Waals surface area contributed by atoms with Gasteiger partial charge in [-0.15, -0.1) is 11.3 Å². The number of rotatable bonds is 4. The smallest absolute Gasteiger partial charge is 0.231 e. The first-order valence-electron chi connectivity index (χ1n) is 8.01. The van der Waals surface area contributed by atoms with E-state index in [1.807, 2.05) is 26.2 Å². The second kappa shape index (κ2) is 7.40. The standard InChI is InChI=1S/C16H26N4O2S/c1-10-8-17-6-5-12(10)19-13(21)7-11-9-23-15(18-11)20-14(22)16(2,3)4/h9-10,12,17H,5-8H2,1-4H3,(H,19,21)(H,18,20,22). The first-order chi connectivity index (χ1) is 10.8. The average molecular weight is 338 g/mol. The van der Waals surface area contributed by atoms with Crippen LogP contribution < -0.4 is 16.0 Å². The number of piperidine rings is 1. The molecule has 2 amide bonds. The summed E-state index contributed by atoms with van der Waals surface area (Å²) in [5.41, 5.74) is 0.229. The van der Waals surface area contributed by atoms with E-state index in [0.717, 1.165) is 19.5 Å². The number of thiazole rings is 1. The lowest BCUT2D eigenvalue weighted by molar-refractivity contribution is -0.123. The largest absolute Gasteiger partial charge is 0.353 e. The summed E-state index contributed by atoms with van der Waals surface area (Å²) >= 11 is 1.35. The Labute approximate surface area is 141 Å². The van der Waals surface area contributed by atoms with Gasteiger partial charge in [-0.2, -0.15) is 0 Å². The zero-order valence-electron chi connectivity index (χ0n) is 14.2. The minimum absolute atomic E-state index is 0.0113. The summed E-state index contributed by atoms with van der Waals surface area (Å²) in [5.74, 6) is 0.346. The van der Waals surface area contributed by atoms with E-state index in [2.05, 4.69) is 27.9 Å². The number of carbonyl (C=O) groups excluding carboxylic acids is 2. The molecule has 1 aliphatic heterocycles. The van der Waals surface area contributed by atoms with Crippen LogP contribution in [-0.4, -0.2) is 35.9 Å². The van der Waals surface area contributed by atoms with Gasteiger partial charge < -0.3 is 16.0 Å². The summed E-state index contributed by atoms with van der Waals surface area (Å²) in [5, 5.41) is 11.6. The molecule has 23 heavy (non-hydrogen) atoms. The number of carbonyl (C=O) groups is 2. The van der Waals surface area contributed by atoms with Crippen molar-refractivity contribution in [2.45, 2.75) is 46.6 Å². The molecule has 2 atom stereocenters. The number of nitrogens with one attached hydrogen (secondary N) is 3. The van der Waals surface area contributed by atoms with E-state index >= 15 is 0 Å². The molecule has 7 heteroatoms. The Bertz CT molecular complexity index is 565. The second-order valence-electron chi connectivity index (χ2n) is 7.17. The number of hydrogen-bond acceptors (Lipinski definition) is 5. The summed E-state index contributed by atoms with van der Waals surface area (Å²) < 4.78 is 0. The van der Waals surface area contributed by atoms with E-state index < -0.39 is 5.41 Å². The fourth-order valence-electron chi connectivity index (χ4n) is 2.38. The van der Waals surface area contributed by atoms with Crippen molar-refractivity contribution in [3.8, 4) is 0 Å². The molecule has 1 aromatic rings. The molecular weight excluding hydrogens is 312 g/mol. The van der Waals surface area contributed by atoms with Crippen LogP contribution in [0.15, 0.2) is 5.38 Å². The Morgan fingerprint density at radius 2 is 2.17 bits per heavy atom. The van der Waals surface area contributed by atoms with Crippen molar-refractivity contribution >= 4 is 28.3 Å². The Balaban J connectivity index is 1.86. The lowest BCUT2D eigenvalue weighted by Gasteiger charge is -2.30. The third-order valence-electron chi connectivity index (χ3n) is 3.93. The van der Waals surface area contributed by atoms with Crippen molar-refractivity contribution in [3.63, 3.8) is 0 Å². The zero-order valence-corrected chi connectivity index (χ0v) is 15.0. The molecule has 3 N–H and O–H groups in total. The van der Waals surface area contributed by atoms with Crippen LogP contribution in [0.3, 0.4) is 0 Å². The molecule has 128 valence electrons. The number of hydrogen-bond donors (Lipinski definition) is 3. The number of nitrogens with zero attached hydrogens (tertiary/aromatic N) is 1. The molecule has 2 unspecified atom stereocenters. The van der Waals surface area contributed by atoms with Crippen LogP contribution in [0.4, 0.5) is 5.13 Å². The Kier molecular flexibility index (Phi) is 5.75. The zero-order chi connectivity index (χ0) is 17.0. The Morgan fingerprint density at radius 3 is 2.83 bits per heavy atom. The first-order valence-corrected chi connectivity index (χ1v) is 8.89. The number of anilines is 1. The van der Waals surface area contributed by atoms with Gasteiger partial charge in [-0.1, -0.05) is 27.7 Å². The van der Waals surface area contributed by atoms with E-state index in [4.69, 9.17) is 0 Å². The van der Waals surface area contributed by atoms with Gasteiger partial charge in [0.25, 0.3) is 0 Å². The van der Waals surface area contributed by atoms with Crippen LogP contribution in [0.25, 0.3) is 0 Å². The molecule has 0 saturated carbocycles. The van der Waals surface area contributed by atoms with E-state index in [1.165, 1.54) is 11.3 Å². The van der Waals surface area contributed by atoms with Crippen LogP contribution in [0, 0.1) is 11.3 Å². The van der Waals surface area contributed by atoms with Crippen molar-refractivity contribution in [2.24, 2.45) is 11.3 Å². The van der Waals surface area contributed by atoms with Crippen molar-refractivity contribution in [1.29, 1.82) is 0 Å². The molecule has 1 saturated heterocycles. The Morgan fingerprint density at radius 1 is 1.43 bits per heavy atom. The SMILES string of the molecule is CC1CNCCC1NC(=O)Cc1csc(NC(=O)C(C)(C)C)n1. The highest BCUT2D eigenvalue weighted by Gasteiger charge is 2.24. The number of aromatic nitrogens is 1. The third kappa shape index (κ3) is 5.28. The highest BCUT2D eigenvalue weighted by molar-refractivity contribution is 7.13. The van der Waals surface area contributed by atoms with Crippen LogP contribution in [0.5, 0.6) is 0 Å². The second-order valence-corrected chi connectivity index (χ2v) is 8.03. The highest BCUT2D eigenvalue weighted by atomic mass is 32.1. The fourth-order valence-corrected chi connectivity index (χ4v) is 3.09. The van der Waals surface area contributed by atoms with Gasteiger partial charge in [-0.3, -0.25) is 9.59 Å². The lowest BCUT2D eigenvalue weighted by atomic mass is 9.95. The van der Waals surface area contributed by atoms with E-state index in [9.17, 15) is 9.59 Å². The molecule has 0 aliphatic carbocycles. The summed E-state index contributed by atoms with van der Waals surface area (Å²) in [6, 6.07) is 0.224. The molecular formula is C16H26N4O2S. The van der Waals surface area contributed by atoms with Crippen LogP contribution in [-0.2, 0) is 16.0 Å². The van der Waals surface area contributed by atoms with E-state index in [-0.39, 0.29) is 24.3 Å². The average Bonchev–Trinajstić information content (AvgIpc) is 2.87. The summed E-state index contributed by atoms with van der Waals surface area (Å²) in [7, 11) is 0. The molecule has 0 aromatic carbocycles. The first kappa shape index (κ1) is 17.9. The van der Waals surface area contributed by atoms with Crippen LogP contribution in [0.1, 0.15) is 39.8 Å². The highest BCUT2D eigenvalue weighted by Crippen LogP contribution is 2.21. The van der Waals surface area contributed by atoms with E-state index in [1.54, 1.807) is 0 Å². The van der Waals surface area contributed by atoms with Crippen molar-refractivity contribution < 1.29 is 9.59 Å². The van der Waals surface area contributed by atoms with Gasteiger partial charge in [0.15, 0.2) is 5.13 Å². The topological polar surface area (TPSA) is 83.1 Å². The summed E-state index contributed by atoms with van der Waals surface area (Å²) in [6.45, 7) is 9.57. The van der Waals surface area contributed by atoms with Gasteiger partial charge in [-0.05, 0) is 25.4 Å². The summed E-state index contributed by atoms with van der Waals surface area (Å²) in [6.07, 6.45) is 1.20. The Hall–Kier alpha value is -1.47. The van der Waals surface area contributed by atoms with Gasteiger partial charge in [0.2, 0.25) is 11.8 Å². The molecule has 2 rings (SSSR count). The van der Waals surface area contributed by atoms with Gasteiger partial charge in [0.05, 0.1) is 12.1 Å². The normalized spacial score (nSPS) is 21.7. The predicted molar refractivity (Wildman–Crippen MR) is 92.5 cm³/mol. The molecule has 0 spiro atoms. The number of amides is 2. The fraction of sp³-hybridized carbons (Fsp3) is 0.688. The maximum atomic E-state index is 12.2. The molecule has 0 radical (unpaired) electrons. The third-order valence-corrected chi connectivity index (χ3v) is 4.73. The van der Waals surface area contributed by atoms with Crippen LogP contribution in [0.2, 0.25) is 0 Å². The van der Waals surface area contributed by atoms with Gasteiger partial charge >= 0.3 is 0 Å². The molecule has 1 aliphatic rings. The van der Waals surface area contributed by atoms with Gasteiger partial charge in [-0.25, -0.2) is 4.98 Å². The van der Waals surface area contributed by atoms with Crippen molar-refractivity contribution in [2.75, 3.05) is 18.4 Å². The monoisotopic (exact) mass is 338 g/mol. The minimum Gasteiger partial charge on any atom is -0.353 e. The molecule has 1 fully saturated rings. The minimum atomic E-state index is -0.464. The van der Waals surface area contributed by atoms with E-state index in [0.29, 0.717) is 16.7 Å². The van der Waals surface area contributed by atoms with Gasteiger partial charge in [0.1, 0.15) is 0 Å². The summed E-state index contributed by atoms with van der Waals surface area (Å²) in [4.78, 5) is 28.4. The molecule has 1 aromatic heterocycles. The maximum absolute atomic E-state index is 12.2. The molecule has 0 bridgehead atoms. The van der Waals surface area contributed by atoms with Crippen LogP contribution >= 0.6 is 11.3 Å². The maximum Gasteiger partial charge on any atom is 0.231 e. The van der Waals surface area contributed by atoms with Gasteiger partial charge in [0, 0.05) is 16.8 Å². The molecule has 2 heterocycles. The molecule has 6 nitrogen and oxygen atoms in total. The van der Waals surface area contributed by atoms with Crippen molar-refractivity contribution in [1.82, 2.24) is 15.6 Å². The predicted octanol–water partition coefficient (Wildman–Crippen LogP) is 1.78.